The molecule has 0 radical (unpaired) electrons. The SMILES string of the molecule is CCCCC(F)C(O)/C=C/[C@H]1CC[C@@H]2OC(=O)[C@H](F)[C@@H]21. The number of fused-ring (bicyclic) bond motifs is 1. The number of hydrogen-bond acceptors (Lipinski definition) is 3. The van der Waals surface area contributed by atoms with Gasteiger partial charge in [-0.1, -0.05) is 31.9 Å². The van der Waals surface area contributed by atoms with Crippen LogP contribution >= 0.6 is 0 Å². The van der Waals surface area contributed by atoms with Gasteiger partial charge in [0.2, 0.25) is 6.17 Å². The van der Waals surface area contributed by atoms with Gasteiger partial charge in [-0.15, -0.1) is 0 Å². The van der Waals surface area contributed by atoms with Crippen LogP contribution < -0.4 is 0 Å². The molecule has 2 unspecified atom stereocenters. The van der Waals surface area contributed by atoms with E-state index >= 15 is 0 Å². The standard InChI is InChI=1S/C15H22F2O3/c1-2-3-4-10(16)11(18)7-5-9-6-8-12-13(9)14(17)15(19)20-12/h5,7,9-14,18H,2-4,6,8H2,1H3/b7-5+/t9-,10?,11?,12-,13+,14+/m0/s1. The first kappa shape index (κ1) is 15.4. The van der Waals surface area contributed by atoms with Crippen LogP contribution in [0.1, 0.15) is 39.0 Å². The van der Waals surface area contributed by atoms with E-state index in [4.69, 9.17) is 4.74 Å². The van der Waals surface area contributed by atoms with Gasteiger partial charge in [0.1, 0.15) is 18.4 Å². The van der Waals surface area contributed by atoms with Crippen molar-refractivity contribution in [1.29, 1.82) is 0 Å². The quantitative estimate of drug-likeness (QED) is 0.604. The summed E-state index contributed by atoms with van der Waals surface area (Å²) in [6.07, 6.45) is 1.96. The maximum Gasteiger partial charge on any atom is 0.341 e. The van der Waals surface area contributed by atoms with E-state index in [2.05, 4.69) is 0 Å². The van der Waals surface area contributed by atoms with E-state index in [1.54, 1.807) is 6.08 Å². The summed E-state index contributed by atoms with van der Waals surface area (Å²) < 4.78 is 32.3. The molecule has 0 spiro atoms. The normalized spacial score (nSPS) is 36.1. The minimum atomic E-state index is -1.59. The van der Waals surface area contributed by atoms with Gasteiger partial charge in [-0.2, -0.15) is 0 Å². The van der Waals surface area contributed by atoms with Gasteiger partial charge in [0.25, 0.3) is 0 Å². The number of alkyl halides is 2. The Morgan fingerprint density at radius 1 is 1.50 bits per heavy atom. The summed E-state index contributed by atoms with van der Waals surface area (Å²) in [5, 5.41) is 9.71. The van der Waals surface area contributed by atoms with Crippen molar-refractivity contribution in [2.45, 2.75) is 63.6 Å². The number of hydrogen-bond donors (Lipinski definition) is 1. The molecule has 1 heterocycles. The highest BCUT2D eigenvalue weighted by Crippen LogP contribution is 2.43. The summed E-state index contributed by atoms with van der Waals surface area (Å²) in [5.41, 5.74) is 0. The summed E-state index contributed by atoms with van der Waals surface area (Å²) >= 11 is 0. The fourth-order valence-corrected chi connectivity index (χ4v) is 3.10. The van der Waals surface area contributed by atoms with Crippen LogP contribution in [0.4, 0.5) is 8.78 Å². The van der Waals surface area contributed by atoms with E-state index in [1.165, 1.54) is 6.08 Å². The lowest BCUT2D eigenvalue weighted by molar-refractivity contribution is -0.145. The van der Waals surface area contributed by atoms with Gasteiger partial charge in [-0.25, -0.2) is 13.6 Å². The first-order valence-electron chi connectivity index (χ1n) is 7.39. The van der Waals surface area contributed by atoms with Crippen LogP contribution in [0.5, 0.6) is 0 Å². The zero-order chi connectivity index (χ0) is 14.7. The highest BCUT2D eigenvalue weighted by atomic mass is 19.1. The molecule has 0 amide bonds. The second kappa shape index (κ2) is 6.66. The number of aliphatic hydroxyl groups is 1. The molecule has 6 atom stereocenters. The first-order valence-corrected chi connectivity index (χ1v) is 7.39. The molecule has 0 bridgehead atoms. The molecular weight excluding hydrogens is 266 g/mol. The maximum absolute atomic E-state index is 13.7. The number of carbonyl (C=O) groups excluding carboxylic acids is 1. The zero-order valence-corrected chi connectivity index (χ0v) is 11.7. The Labute approximate surface area is 118 Å². The minimum absolute atomic E-state index is 0.158. The van der Waals surface area contributed by atoms with Gasteiger partial charge in [-0.05, 0) is 25.2 Å². The molecule has 2 fully saturated rings. The summed E-state index contributed by atoms with van der Waals surface area (Å²) in [5.74, 6) is -1.42. The molecule has 0 aromatic heterocycles. The van der Waals surface area contributed by atoms with Gasteiger partial charge in [0.15, 0.2) is 0 Å². The highest BCUT2D eigenvalue weighted by Gasteiger charge is 2.51. The Balaban J connectivity index is 1.89. The number of carbonyl (C=O) groups is 1. The molecular formula is C15H22F2O3. The largest absolute Gasteiger partial charge is 0.460 e. The van der Waals surface area contributed by atoms with Crippen molar-refractivity contribution >= 4 is 5.97 Å². The van der Waals surface area contributed by atoms with Crippen molar-refractivity contribution in [3.05, 3.63) is 12.2 Å². The highest BCUT2D eigenvalue weighted by molar-refractivity contribution is 5.77. The van der Waals surface area contributed by atoms with Crippen molar-refractivity contribution in [3.8, 4) is 0 Å². The number of rotatable bonds is 6. The molecule has 20 heavy (non-hydrogen) atoms. The Morgan fingerprint density at radius 2 is 2.25 bits per heavy atom. The molecule has 1 aliphatic heterocycles. The Hall–Kier alpha value is -0.970. The number of esters is 1. The third-order valence-corrected chi connectivity index (χ3v) is 4.30. The molecule has 114 valence electrons. The predicted octanol–water partition coefficient (Wildman–Crippen LogP) is 2.72. The number of halogens is 2. The van der Waals surface area contributed by atoms with Crippen LogP contribution in [0.2, 0.25) is 0 Å². The molecule has 1 saturated carbocycles. The van der Waals surface area contributed by atoms with Crippen molar-refractivity contribution in [2.24, 2.45) is 11.8 Å². The van der Waals surface area contributed by atoms with Crippen molar-refractivity contribution in [1.82, 2.24) is 0 Å². The van der Waals surface area contributed by atoms with E-state index in [1.807, 2.05) is 6.92 Å². The van der Waals surface area contributed by atoms with E-state index in [9.17, 15) is 18.7 Å². The smallest absolute Gasteiger partial charge is 0.341 e. The van der Waals surface area contributed by atoms with Gasteiger partial charge < -0.3 is 9.84 Å². The average Bonchev–Trinajstić information content (AvgIpc) is 2.95. The molecule has 1 N–H and O–H groups in total. The number of unbranched alkanes of at least 4 members (excludes halogenated alkanes) is 1. The zero-order valence-electron chi connectivity index (χ0n) is 11.7. The molecule has 3 nitrogen and oxygen atoms in total. The third-order valence-electron chi connectivity index (χ3n) is 4.30. The molecule has 0 aromatic carbocycles. The summed E-state index contributed by atoms with van der Waals surface area (Å²) in [6.45, 7) is 1.96. The van der Waals surface area contributed by atoms with Crippen molar-refractivity contribution < 1.29 is 23.4 Å². The third kappa shape index (κ3) is 3.19. The van der Waals surface area contributed by atoms with Gasteiger partial charge in [0, 0.05) is 5.92 Å². The topological polar surface area (TPSA) is 46.5 Å². The summed E-state index contributed by atoms with van der Waals surface area (Å²) in [6, 6.07) is 0. The van der Waals surface area contributed by atoms with Crippen molar-refractivity contribution in [2.75, 3.05) is 0 Å². The second-order valence-electron chi connectivity index (χ2n) is 5.73. The van der Waals surface area contributed by atoms with Crippen LogP contribution in [-0.4, -0.2) is 35.6 Å². The van der Waals surface area contributed by atoms with Gasteiger partial charge >= 0.3 is 5.97 Å². The Kier molecular flexibility index (Phi) is 5.13. The lowest BCUT2D eigenvalue weighted by atomic mass is 9.91. The van der Waals surface area contributed by atoms with Crippen LogP contribution in [0.15, 0.2) is 12.2 Å². The van der Waals surface area contributed by atoms with E-state index < -0.39 is 30.3 Å². The van der Waals surface area contributed by atoms with Gasteiger partial charge in [-0.3, -0.25) is 0 Å². The van der Waals surface area contributed by atoms with E-state index in [0.29, 0.717) is 19.3 Å². The minimum Gasteiger partial charge on any atom is -0.460 e. The van der Waals surface area contributed by atoms with Gasteiger partial charge in [0.05, 0.1) is 0 Å². The summed E-state index contributed by atoms with van der Waals surface area (Å²) in [7, 11) is 0. The van der Waals surface area contributed by atoms with E-state index in [-0.39, 0.29) is 12.0 Å². The fraction of sp³-hybridized carbons (Fsp3) is 0.800. The fourth-order valence-electron chi connectivity index (χ4n) is 3.10. The molecule has 2 rings (SSSR count). The van der Waals surface area contributed by atoms with Crippen LogP contribution in [0, 0.1) is 11.8 Å². The number of allylic oxidation sites excluding steroid dienone is 1. The lowest BCUT2D eigenvalue weighted by Gasteiger charge is -2.16. The summed E-state index contributed by atoms with van der Waals surface area (Å²) in [4.78, 5) is 11.2. The second-order valence-corrected chi connectivity index (χ2v) is 5.73. The Bertz CT molecular complexity index is 372. The lowest BCUT2D eigenvalue weighted by Crippen LogP contribution is -2.24. The average molecular weight is 288 g/mol. The molecule has 1 aliphatic carbocycles. The van der Waals surface area contributed by atoms with Crippen LogP contribution in [0.25, 0.3) is 0 Å². The molecule has 0 aromatic rings. The molecule has 1 saturated heterocycles. The number of ether oxygens (including phenoxy) is 1. The monoisotopic (exact) mass is 288 g/mol. The maximum atomic E-state index is 13.7. The van der Waals surface area contributed by atoms with E-state index in [0.717, 1.165) is 12.8 Å². The predicted molar refractivity (Wildman–Crippen MR) is 70.6 cm³/mol. The molecule has 5 heteroatoms. The van der Waals surface area contributed by atoms with Crippen molar-refractivity contribution in [3.63, 3.8) is 0 Å². The first-order chi connectivity index (χ1) is 9.54. The van der Waals surface area contributed by atoms with Crippen LogP contribution in [-0.2, 0) is 9.53 Å². The molecule has 2 aliphatic rings. The van der Waals surface area contributed by atoms with Crippen LogP contribution in [0.3, 0.4) is 0 Å². The Morgan fingerprint density at radius 3 is 2.95 bits per heavy atom. The number of aliphatic hydroxyl groups excluding tert-OH is 1.